The summed E-state index contributed by atoms with van der Waals surface area (Å²) in [6, 6.07) is -0.854. The molecule has 0 aliphatic carbocycles. The van der Waals surface area contributed by atoms with E-state index >= 15 is 0 Å². The molecule has 0 saturated carbocycles. The maximum Gasteiger partial charge on any atom is 0.472 e. The molecular formula is C77H142N2O7P+. The summed E-state index contributed by atoms with van der Waals surface area (Å²) < 4.78 is 30.8. The highest BCUT2D eigenvalue weighted by atomic mass is 31.2. The smallest absolute Gasteiger partial charge is 0.456 e. The number of phosphoric ester groups is 1. The van der Waals surface area contributed by atoms with Crippen LogP contribution in [0.3, 0.4) is 0 Å². The number of carbonyl (C=O) groups is 2. The van der Waals surface area contributed by atoms with Gasteiger partial charge in [0, 0.05) is 12.8 Å². The maximum atomic E-state index is 13.6. The highest BCUT2D eigenvalue weighted by Crippen LogP contribution is 2.43. The van der Waals surface area contributed by atoms with E-state index in [4.69, 9.17) is 13.8 Å². The number of esters is 1. The fourth-order valence-electron chi connectivity index (χ4n) is 10.7. The Morgan fingerprint density at radius 3 is 1.11 bits per heavy atom. The van der Waals surface area contributed by atoms with E-state index in [0.717, 1.165) is 89.9 Å². The molecule has 3 unspecified atom stereocenters. The summed E-state index contributed by atoms with van der Waals surface area (Å²) in [5.41, 5.74) is 0. The molecule has 3 atom stereocenters. The lowest BCUT2D eigenvalue weighted by molar-refractivity contribution is -0.870. The van der Waals surface area contributed by atoms with Gasteiger partial charge < -0.3 is 19.4 Å². The van der Waals surface area contributed by atoms with Crippen molar-refractivity contribution < 1.29 is 37.3 Å². The predicted octanol–water partition coefficient (Wildman–Crippen LogP) is 23.7. The minimum absolute atomic E-state index is 0.0380. The van der Waals surface area contributed by atoms with Crippen LogP contribution in [0, 0.1) is 0 Å². The van der Waals surface area contributed by atoms with Gasteiger partial charge in [0.25, 0.3) is 0 Å². The van der Waals surface area contributed by atoms with Gasteiger partial charge in [-0.3, -0.25) is 18.6 Å². The Labute approximate surface area is 539 Å². The Morgan fingerprint density at radius 2 is 0.736 bits per heavy atom. The lowest BCUT2D eigenvalue weighted by atomic mass is 10.0. The van der Waals surface area contributed by atoms with E-state index in [1.165, 1.54) is 218 Å². The Morgan fingerprint density at radius 1 is 0.414 bits per heavy atom. The number of hydrogen-bond acceptors (Lipinski definition) is 6. The number of quaternary nitrogens is 1. The van der Waals surface area contributed by atoms with Crippen molar-refractivity contribution in [2.75, 3.05) is 40.9 Å². The number of nitrogens with one attached hydrogen (secondary N) is 1. The molecule has 0 aliphatic rings. The van der Waals surface area contributed by atoms with Crippen molar-refractivity contribution in [2.24, 2.45) is 0 Å². The molecule has 1 amide bonds. The molecule has 0 rings (SSSR count). The van der Waals surface area contributed by atoms with E-state index in [1.807, 2.05) is 33.3 Å². The third-order valence-corrected chi connectivity index (χ3v) is 17.3. The first-order valence-corrected chi connectivity index (χ1v) is 38.4. The van der Waals surface area contributed by atoms with Crippen molar-refractivity contribution in [3.8, 4) is 0 Å². The largest absolute Gasteiger partial charge is 0.472 e. The number of allylic oxidation sites excluding steroid dienone is 13. The third kappa shape index (κ3) is 67.4. The van der Waals surface area contributed by atoms with Crippen molar-refractivity contribution >= 4 is 19.7 Å². The molecule has 2 N–H and O–H groups in total. The molecule has 0 heterocycles. The van der Waals surface area contributed by atoms with Gasteiger partial charge in [-0.1, -0.05) is 312 Å². The molecule has 0 spiro atoms. The zero-order valence-corrected chi connectivity index (χ0v) is 58.9. The minimum Gasteiger partial charge on any atom is -0.456 e. The number of unbranched alkanes of at least 4 members (excludes halogenated alkanes) is 39. The van der Waals surface area contributed by atoms with Crippen molar-refractivity contribution in [2.45, 2.75) is 354 Å². The van der Waals surface area contributed by atoms with Gasteiger partial charge in [0.15, 0.2) is 0 Å². The van der Waals surface area contributed by atoms with Crippen LogP contribution in [0.15, 0.2) is 85.1 Å². The molecule has 0 radical (unpaired) electrons. The first-order chi connectivity index (χ1) is 42.4. The van der Waals surface area contributed by atoms with Gasteiger partial charge in [0.2, 0.25) is 5.91 Å². The van der Waals surface area contributed by atoms with Crippen LogP contribution < -0.4 is 5.32 Å². The molecule has 506 valence electrons. The van der Waals surface area contributed by atoms with E-state index < -0.39 is 20.0 Å². The van der Waals surface area contributed by atoms with E-state index in [-0.39, 0.29) is 25.1 Å². The molecule has 0 aromatic heterocycles. The summed E-state index contributed by atoms with van der Waals surface area (Å²) >= 11 is 0. The number of amides is 1. The second-order valence-corrected chi connectivity index (χ2v) is 27.5. The molecule has 0 aromatic carbocycles. The monoisotopic (exact) mass is 1240 g/mol. The average Bonchev–Trinajstić information content (AvgIpc) is 3.70. The predicted molar refractivity (Wildman–Crippen MR) is 378 cm³/mol. The summed E-state index contributed by atoms with van der Waals surface area (Å²) in [5, 5.41) is 3.07. The van der Waals surface area contributed by atoms with E-state index in [2.05, 4.69) is 99.0 Å². The molecule has 0 aromatic rings. The van der Waals surface area contributed by atoms with Gasteiger partial charge in [0.05, 0.1) is 33.8 Å². The fraction of sp³-hybridized carbons (Fsp3) is 0.792. The number of nitrogens with zero attached hydrogens (tertiary/aromatic N) is 1. The molecule has 0 aliphatic heterocycles. The topological polar surface area (TPSA) is 111 Å². The van der Waals surface area contributed by atoms with Crippen LogP contribution in [0.4, 0.5) is 0 Å². The third-order valence-electron chi connectivity index (χ3n) is 16.3. The Balaban J connectivity index is 4.97. The standard InChI is InChI=1S/C77H141N2O7P/c1-7-10-13-16-19-22-25-27-29-31-33-35-37-38-39-40-42-43-45-47-49-51-54-57-60-63-66-69-76(80)78-74(73-85-87(82,83)84-72-71-79(4,5)6)75(68-65-62-59-56-53-24-21-18-15-12-9-3)86-77(81)70-67-64-61-58-55-52-50-48-46-44-41-36-34-32-30-28-26-23-20-17-14-11-8-2/h10,13,19,22,27-30,33,35,38-39,65,68,74-75H,7-9,11-12,14-18,20-21,23-26,31-32,34,36-37,40-64,66-67,69-73H2,1-6H3,(H-,78,80,82,83)/p+1/b13-10-,22-19-,29-27-,30-28+,35-33-,39-38-,68-65-. The van der Waals surface area contributed by atoms with Crippen LogP contribution in [0.25, 0.3) is 0 Å². The zero-order valence-electron chi connectivity index (χ0n) is 58.0. The van der Waals surface area contributed by atoms with Gasteiger partial charge in [-0.2, -0.15) is 0 Å². The lowest BCUT2D eigenvalue weighted by Gasteiger charge is -2.27. The second kappa shape index (κ2) is 66.1. The second-order valence-electron chi connectivity index (χ2n) is 26.1. The summed E-state index contributed by atoms with van der Waals surface area (Å²) in [4.78, 5) is 37.9. The van der Waals surface area contributed by atoms with Crippen LogP contribution in [0.1, 0.15) is 342 Å². The molecule has 10 heteroatoms. The van der Waals surface area contributed by atoms with Crippen LogP contribution in [0.2, 0.25) is 0 Å². The number of likely N-dealkylation sites (N-methyl/N-ethyl adjacent to an activating group) is 1. The Kier molecular flexibility index (Phi) is 64.0. The summed E-state index contributed by atoms with van der Waals surface area (Å²) in [6.45, 7) is 6.92. The van der Waals surface area contributed by atoms with Crippen molar-refractivity contribution in [1.29, 1.82) is 0 Å². The lowest BCUT2D eigenvalue weighted by Crippen LogP contribution is -2.47. The number of hydrogen-bond donors (Lipinski definition) is 2. The molecule has 0 fully saturated rings. The first-order valence-electron chi connectivity index (χ1n) is 36.9. The van der Waals surface area contributed by atoms with Gasteiger partial charge >= 0.3 is 13.8 Å². The number of phosphoric acid groups is 1. The summed E-state index contributed by atoms with van der Waals surface area (Å²) in [7, 11) is 1.50. The number of rotatable bonds is 67. The molecule has 9 nitrogen and oxygen atoms in total. The first kappa shape index (κ1) is 84.2. The van der Waals surface area contributed by atoms with Crippen molar-refractivity contribution in [3.63, 3.8) is 0 Å². The molecule has 0 saturated heterocycles. The zero-order chi connectivity index (χ0) is 63.5. The van der Waals surface area contributed by atoms with Crippen LogP contribution >= 0.6 is 7.82 Å². The van der Waals surface area contributed by atoms with Crippen molar-refractivity contribution in [1.82, 2.24) is 5.32 Å². The highest BCUT2D eigenvalue weighted by Gasteiger charge is 2.30. The molecule has 0 bridgehead atoms. The van der Waals surface area contributed by atoms with Gasteiger partial charge in [-0.15, -0.1) is 0 Å². The van der Waals surface area contributed by atoms with Crippen molar-refractivity contribution in [3.05, 3.63) is 85.1 Å². The Bertz CT molecular complexity index is 1760. The summed E-state index contributed by atoms with van der Waals surface area (Å²) in [5.74, 6) is -0.500. The SMILES string of the molecule is CC/C=C\C/C=C\C/C=C\C/C=C\C/C=C\CCCCCCCCCCCCCC(=O)NC(COP(=O)(O)OCC[N+](C)(C)C)C(/C=C\CCCCCCCCCCC)OC(=O)CCCCCCCCCCCCCCC/C=C/CCCCCCCC. The van der Waals surface area contributed by atoms with E-state index in [1.54, 1.807) is 0 Å². The normalized spacial score (nSPS) is 14.0. The minimum atomic E-state index is -4.46. The molecular weight excluding hydrogens is 1100 g/mol. The van der Waals surface area contributed by atoms with E-state index in [9.17, 15) is 19.0 Å². The quantitative estimate of drug-likeness (QED) is 0.0205. The van der Waals surface area contributed by atoms with Gasteiger partial charge in [-0.05, 0) is 102 Å². The van der Waals surface area contributed by atoms with Crippen LogP contribution in [0.5, 0.6) is 0 Å². The summed E-state index contributed by atoms with van der Waals surface area (Å²) in [6.07, 6.45) is 88.9. The Hall–Kier alpha value is -2.81. The fourth-order valence-corrected chi connectivity index (χ4v) is 11.4. The van der Waals surface area contributed by atoms with Crippen LogP contribution in [-0.4, -0.2) is 74.3 Å². The number of carbonyl (C=O) groups excluding carboxylic acids is 2. The number of ether oxygens (including phenoxy) is 1. The van der Waals surface area contributed by atoms with E-state index in [0.29, 0.717) is 23.9 Å². The van der Waals surface area contributed by atoms with Crippen LogP contribution in [-0.2, 0) is 27.9 Å². The maximum absolute atomic E-state index is 13.6. The van der Waals surface area contributed by atoms with Gasteiger partial charge in [0.1, 0.15) is 19.3 Å². The molecule has 87 heavy (non-hydrogen) atoms. The average molecular weight is 1240 g/mol. The highest BCUT2D eigenvalue weighted by molar-refractivity contribution is 7.47. The van der Waals surface area contributed by atoms with Gasteiger partial charge in [-0.25, -0.2) is 4.57 Å².